The molecule has 1 aromatic heterocycles. The lowest BCUT2D eigenvalue weighted by Gasteiger charge is -2.42. The van der Waals surface area contributed by atoms with Crippen LogP contribution < -0.4 is 0 Å². The van der Waals surface area contributed by atoms with E-state index in [1.165, 1.54) is 0 Å². The molecular formula is C22H20N2O3. The molecule has 0 spiro atoms. The summed E-state index contributed by atoms with van der Waals surface area (Å²) in [5, 5.41) is 4.07. The van der Waals surface area contributed by atoms with Crippen LogP contribution in [0.1, 0.15) is 39.4 Å². The molecule has 1 amide bonds. The molecule has 0 aliphatic carbocycles. The number of fused-ring (bicyclic) bond motifs is 3. The number of carbonyl (C=O) groups excluding carboxylic acids is 1. The standard InChI is InChI=1S/C22H20N2O3/c1-14-20(15(2)27-23-14)16-9-10-18-19(13-16)22(17-7-4-3-5-8-17)24(21(18)25)11-6-12-26-22/h3-5,7-10,13H,6,11-12H2,1-2H3. The zero-order chi connectivity index (χ0) is 18.6. The van der Waals surface area contributed by atoms with Gasteiger partial charge in [0.25, 0.3) is 5.91 Å². The maximum absolute atomic E-state index is 13.2. The second kappa shape index (κ2) is 5.79. The van der Waals surface area contributed by atoms with Gasteiger partial charge in [-0.1, -0.05) is 41.6 Å². The van der Waals surface area contributed by atoms with Crippen LogP contribution >= 0.6 is 0 Å². The predicted octanol–water partition coefficient (Wildman–Crippen LogP) is 4.04. The SMILES string of the molecule is Cc1noc(C)c1-c1ccc2c(c1)C1(c3ccccc3)OCCCN1C2=O. The van der Waals surface area contributed by atoms with Gasteiger partial charge in [-0.15, -0.1) is 0 Å². The van der Waals surface area contributed by atoms with E-state index in [1.807, 2.05) is 61.2 Å². The molecule has 2 aliphatic rings. The molecule has 3 aromatic rings. The number of aryl methyl sites for hydroxylation is 2. The van der Waals surface area contributed by atoms with Gasteiger partial charge in [0.1, 0.15) is 5.76 Å². The molecule has 2 aromatic carbocycles. The van der Waals surface area contributed by atoms with Crippen LogP contribution in [0.3, 0.4) is 0 Å². The van der Waals surface area contributed by atoms with Gasteiger partial charge in [-0.3, -0.25) is 4.79 Å². The van der Waals surface area contributed by atoms with E-state index in [2.05, 4.69) is 11.2 Å². The average molecular weight is 360 g/mol. The normalized spacial score (nSPS) is 21.3. The molecule has 0 N–H and O–H groups in total. The van der Waals surface area contributed by atoms with Gasteiger partial charge in [-0.2, -0.15) is 0 Å². The van der Waals surface area contributed by atoms with Crippen molar-refractivity contribution in [3.63, 3.8) is 0 Å². The third kappa shape index (κ3) is 2.15. The first-order valence-electron chi connectivity index (χ1n) is 9.22. The van der Waals surface area contributed by atoms with Crippen LogP contribution in [0.15, 0.2) is 53.1 Å². The van der Waals surface area contributed by atoms with Gasteiger partial charge >= 0.3 is 0 Å². The second-order valence-electron chi connectivity index (χ2n) is 7.13. The van der Waals surface area contributed by atoms with Gasteiger partial charge in [0, 0.05) is 28.8 Å². The highest BCUT2D eigenvalue weighted by molar-refractivity contribution is 6.01. The fourth-order valence-corrected chi connectivity index (χ4v) is 4.41. The Labute approximate surface area is 157 Å². The third-order valence-electron chi connectivity index (χ3n) is 5.56. The van der Waals surface area contributed by atoms with E-state index in [9.17, 15) is 4.79 Å². The summed E-state index contributed by atoms with van der Waals surface area (Å²) >= 11 is 0. The van der Waals surface area contributed by atoms with Crippen LogP contribution in [0.2, 0.25) is 0 Å². The first-order chi connectivity index (χ1) is 13.1. The summed E-state index contributed by atoms with van der Waals surface area (Å²) in [6.45, 7) is 5.14. The Hall–Kier alpha value is -2.92. The summed E-state index contributed by atoms with van der Waals surface area (Å²) in [5.74, 6) is 0.797. The van der Waals surface area contributed by atoms with Gasteiger partial charge < -0.3 is 14.2 Å². The number of carbonyl (C=O) groups is 1. The molecule has 5 heteroatoms. The van der Waals surface area contributed by atoms with E-state index in [1.54, 1.807) is 0 Å². The van der Waals surface area contributed by atoms with Crippen molar-refractivity contribution in [3.05, 3.63) is 76.7 Å². The molecule has 1 saturated heterocycles. The average Bonchev–Trinajstić information content (AvgIpc) is 3.18. The maximum atomic E-state index is 13.2. The van der Waals surface area contributed by atoms with E-state index in [4.69, 9.17) is 9.26 Å². The Morgan fingerprint density at radius 1 is 1.11 bits per heavy atom. The molecule has 5 rings (SSSR count). The fourth-order valence-electron chi connectivity index (χ4n) is 4.41. The molecule has 0 radical (unpaired) electrons. The summed E-state index contributed by atoms with van der Waals surface area (Å²) in [5.41, 5.74) is 4.53. The number of ether oxygens (including phenoxy) is 1. The van der Waals surface area contributed by atoms with Crippen molar-refractivity contribution in [2.45, 2.75) is 26.0 Å². The summed E-state index contributed by atoms with van der Waals surface area (Å²) in [4.78, 5) is 15.0. The van der Waals surface area contributed by atoms with Crippen LogP contribution in [-0.2, 0) is 10.5 Å². The first kappa shape index (κ1) is 16.3. The van der Waals surface area contributed by atoms with E-state index < -0.39 is 5.72 Å². The molecule has 1 fully saturated rings. The van der Waals surface area contributed by atoms with Crippen molar-refractivity contribution in [1.29, 1.82) is 0 Å². The highest BCUT2D eigenvalue weighted by atomic mass is 16.5. The van der Waals surface area contributed by atoms with Crippen LogP contribution in [0.5, 0.6) is 0 Å². The van der Waals surface area contributed by atoms with Crippen molar-refractivity contribution >= 4 is 5.91 Å². The predicted molar refractivity (Wildman–Crippen MR) is 100 cm³/mol. The van der Waals surface area contributed by atoms with Crippen LogP contribution in [0.25, 0.3) is 11.1 Å². The molecule has 0 saturated carbocycles. The Balaban J connectivity index is 1.77. The lowest BCUT2D eigenvalue weighted by Crippen LogP contribution is -2.50. The Bertz CT molecular complexity index is 1020. The number of benzene rings is 2. The number of amides is 1. The van der Waals surface area contributed by atoms with E-state index >= 15 is 0 Å². The van der Waals surface area contributed by atoms with Crippen LogP contribution in [0.4, 0.5) is 0 Å². The van der Waals surface area contributed by atoms with Crippen molar-refractivity contribution in [2.24, 2.45) is 0 Å². The van der Waals surface area contributed by atoms with Crippen molar-refractivity contribution in [3.8, 4) is 11.1 Å². The monoisotopic (exact) mass is 360 g/mol. The minimum absolute atomic E-state index is 0.0267. The van der Waals surface area contributed by atoms with Gasteiger partial charge in [-0.25, -0.2) is 0 Å². The highest BCUT2D eigenvalue weighted by Crippen LogP contribution is 2.48. The zero-order valence-electron chi connectivity index (χ0n) is 15.4. The maximum Gasteiger partial charge on any atom is 0.257 e. The summed E-state index contributed by atoms with van der Waals surface area (Å²) < 4.78 is 11.7. The molecule has 2 aliphatic heterocycles. The molecule has 5 nitrogen and oxygen atoms in total. The molecule has 0 bridgehead atoms. The first-order valence-corrected chi connectivity index (χ1v) is 9.22. The van der Waals surface area contributed by atoms with Gasteiger partial charge in [0.2, 0.25) is 0 Å². The van der Waals surface area contributed by atoms with E-state index in [0.717, 1.165) is 40.1 Å². The molecule has 3 heterocycles. The zero-order valence-corrected chi connectivity index (χ0v) is 15.4. The van der Waals surface area contributed by atoms with Gasteiger partial charge in [0.05, 0.1) is 12.3 Å². The molecule has 1 unspecified atom stereocenters. The largest absolute Gasteiger partial charge is 0.361 e. The van der Waals surface area contributed by atoms with Crippen molar-refractivity contribution in [1.82, 2.24) is 10.1 Å². The minimum Gasteiger partial charge on any atom is -0.361 e. The minimum atomic E-state index is -0.860. The lowest BCUT2D eigenvalue weighted by molar-refractivity contribution is -0.137. The molecule has 27 heavy (non-hydrogen) atoms. The van der Waals surface area contributed by atoms with Gasteiger partial charge in [0.15, 0.2) is 5.72 Å². The Kier molecular flexibility index (Phi) is 3.49. The van der Waals surface area contributed by atoms with Crippen molar-refractivity contribution < 1.29 is 14.1 Å². The van der Waals surface area contributed by atoms with E-state index in [0.29, 0.717) is 18.7 Å². The lowest BCUT2D eigenvalue weighted by atomic mass is 9.90. The number of hydrogen-bond donors (Lipinski definition) is 0. The number of rotatable bonds is 2. The molecule has 136 valence electrons. The smallest absolute Gasteiger partial charge is 0.257 e. The summed E-state index contributed by atoms with van der Waals surface area (Å²) in [6, 6.07) is 16.0. The summed E-state index contributed by atoms with van der Waals surface area (Å²) in [6.07, 6.45) is 0.838. The Morgan fingerprint density at radius 2 is 1.93 bits per heavy atom. The second-order valence-corrected chi connectivity index (χ2v) is 7.13. The number of hydrogen-bond acceptors (Lipinski definition) is 4. The van der Waals surface area contributed by atoms with Crippen molar-refractivity contribution in [2.75, 3.05) is 13.2 Å². The van der Waals surface area contributed by atoms with E-state index in [-0.39, 0.29) is 5.91 Å². The summed E-state index contributed by atoms with van der Waals surface area (Å²) in [7, 11) is 0. The third-order valence-corrected chi connectivity index (χ3v) is 5.56. The van der Waals surface area contributed by atoms with Crippen LogP contribution in [0, 0.1) is 13.8 Å². The number of aromatic nitrogens is 1. The topological polar surface area (TPSA) is 55.6 Å². The Morgan fingerprint density at radius 3 is 2.67 bits per heavy atom. The molecular weight excluding hydrogens is 340 g/mol. The highest BCUT2D eigenvalue weighted by Gasteiger charge is 2.53. The fraction of sp³-hybridized carbons (Fsp3) is 0.273. The quantitative estimate of drug-likeness (QED) is 0.692. The number of nitrogens with zero attached hydrogens (tertiary/aromatic N) is 2. The van der Waals surface area contributed by atoms with Gasteiger partial charge in [-0.05, 0) is 38.0 Å². The van der Waals surface area contributed by atoms with Crippen LogP contribution in [-0.4, -0.2) is 29.1 Å². The molecule has 1 atom stereocenters.